The number of aromatic amines is 1. The Balaban J connectivity index is 1.52. The molecule has 2 aromatic rings. The lowest BCUT2D eigenvalue weighted by Gasteiger charge is -2.35. The molecule has 1 aromatic heterocycles. The van der Waals surface area contributed by atoms with E-state index in [9.17, 15) is 9.59 Å². The van der Waals surface area contributed by atoms with Crippen LogP contribution in [0.1, 0.15) is 0 Å². The van der Waals surface area contributed by atoms with Crippen LogP contribution in [0.5, 0.6) is 0 Å². The van der Waals surface area contributed by atoms with Crippen LogP contribution in [0.3, 0.4) is 0 Å². The Kier molecular flexibility index (Phi) is 5.72. The molecule has 0 saturated carbocycles. The Labute approximate surface area is 158 Å². The molecule has 7 nitrogen and oxygen atoms in total. The highest BCUT2D eigenvalue weighted by Crippen LogP contribution is 2.21. The highest BCUT2D eigenvalue weighted by atomic mass is 79.9. The van der Waals surface area contributed by atoms with Crippen LogP contribution in [0.2, 0.25) is 5.02 Å². The van der Waals surface area contributed by atoms with Crippen molar-refractivity contribution in [3.63, 3.8) is 0 Å². The molecule has 0 radical (unpaired) electrons. The van der Waals surface area contributed by atoms with Gasteiger partial charge in [-0.25, -0.2) is 5.10 Å². The van der Waals surface area contributed by atoms with Crippen LogP contribution in [0, 0.1) is 0 Å². The van der Waals surface area contributed by atoms with Crippen LogP contribution in [-0.4, -0.2) is 53.7 Å². The van der Waals surface area contributed by atoms with Gasteiger partial charge in [-0.3, -0.25) is 14.5 Å². The molecule has 1 aliphatic heterocycles. The van der Waals surface area contributed by atoms with E-state index in [1.807, 2.05) is 29.2 Å². The van der Waals surface area contributed by atoms with Crippen molar-refractivity contribution in [1.29, 1.82) is 0 Å². The number of hydrogen-bond acceptors (Lipinski definition) is 5. The predicted molar refractivity (Wildman–Crippen MR) is 101 cm³/mol. The van der Waals surface area contributed by atoms with Crippen molar-refractivity contribution in [2.24, 2.45) is 0 Å². The SMILES string of the molecule is O=C(CN1CCN(c2cn[nH]c(=O)c2Cl)CC1)Nc1ccc(Br)cc1. The van der Waals surface area contributed by atoms with E-state index in [0.717, 1.165) is 10.2 Å². The number of amides is 1. The lowest BCUT2D eigenvalue weighted by molar-refractivity contribution is -0.117. The summed E-state index contributed by atoms with van der Waals surface area (Å²) in [4.78, 5) is 27.8. The second-order valence-electron chi connectivity index (χ2n) is 5.72. The quantitative estimate of drug-likeness (QED) is 0.781. The monoisotopic (exact) mass is 425 g/mol. The lowest BCUT2D eigenvalue weighted by Crippen LogP contribution is -2.49. The van der Waals surface area contributed by atoms with Crippen LogP contribution in [0.4, 0.5) is 11.4 Å². The molecule has 1 saturated heterocycles. The summed E-state index contributed by atoms with van der Waals surface area (Å²) >= 11 is 9.41. The van der Waals surface area contributed by atoms with Crippen molar-refractivity contribution in [2.75, 3.05) is 42.9 Å². The van der Waals surface area contributed by atoms with Crippen LogP contribution in [-0.2, 0) is 4.79 Å². The maximum absolute atomic E-state index is 12.2. The molecule has 1 fully saturated rings. The van der Waals surface area contributed by atoms with Gasteiger partial charge < -0.3 is 10.2 Å². The normalized spacial score (nSPS) is 15.2. The molecule has 0 aliphatic carbocycles. The van der Waals surface area contributed by atoms with Gasteiger partial charge in [-0.1, -0.05) is 27.5 Å². The number of benzene rings is 1. The van der Waals surface area contributed by atoms with E-state index < -0.39 is 5.56 Å². The first-order valence-corrected chi connectivity index (χ1v) is 8.96. The second kappa shape index (κ2) is 7.99. The molecular formula is C16H17BrClN5O2. The van der Waals surface area contributed by atoms with E-state index >= 15 is 0 Å². The zero-order chi connectivity index (χ0) is 17.8. The van der Waals surface area contributed by atoms with E-state index in [2.05, 4.69) is 36.3 Å². The Hall–Kier alpha value is -1.90. The van der Waals surface area contributed by atoms with E-state index in [0.29, 0.717) is 38.4 Å². The van der Waals surface area contributed by atoms with Gasteiger partial charge in [0.15, 0.2) is 0 Å². The smallest absolute Gasteiger partial charge is 0.285 e. The average Bonchev–Trinajstić information content (AvgIpc) is 2.60. The second-order valence-corrected chi connectivity index (χ2v) is 7.01. The Morgan fingerprint density at radius 2 is 1.92 bits per heavy atom. The molecule has 0 atom stereocenters. The summed E-state index contributed by atoms with van der Waals surface area (Å²) in [6.07, 6.45) is 1.56. The third-order valence-corrected chi connectivity index (χ3v) is 4.88. The zero-order valence-corrected chi connectivity index (χ0v) is 15.7. The third kappa shape index (κ3) is 4.59. The minimum Gasteiger partial charge on any atom is -0.366 e. The summed E-state index contributed by atoms with van der Waals surface area (Å²) in [5.41, 5.74) is 1.01. The van der Waals surface area contributed by atoms with Gasteiger partial charge in [-0.2, -0.15) is 5.10 Å². The van der Waals surface area contributed by atoms with Gasteiger partial charge in [0.25, 0.3) is 5.56 Å². The fourth-order valence-electron chi connectivity index (χ4n) is 2.68. The fourth-order valence-corrected chi connectivity index (χ4v) is 3.15. The van der Waals surface area contributed by atoms with E-state index in [1.165, 1.54) is 0 Å². The number of carbonyl (C=O) groups excluding carboxylic acids is 1. The summed E-state index contributed by atoms with van der Waals surface area (Å²) in [7, 11) is 0. The Morgan fingerprint density at radius 1 is 1.24 bits per heavy atom. The number of H-pyrrole nitrogens is 1. The van der Waals surface area contributed by atoms with Crippen molar-refractivity contribution in [2.45, 2.75) is 0 Å². The number of hydrogen-bond donors (Lipinski definition) is 2. The lowest BCUT2D eigenvalue weighted by atomic mass is 10.2. The molecule has 1 amide bonds. The number of halogens is 2. The number of anilines is 2. The van der Waals surface area contributed by atoms with E-state index in [-0.39, 0.29) is 10.9 Å². The number of rotatable bonds is 4. The number of piperazine rings is 1. The molecule has 2 N–H and O–H groups in total. The van der Waals surface area contributed by atoms with Gasteiger partial charge >= 0.3 is 0 Å². The van der Waals surface area contributed by atoms with Crippen molar-refractivity contribution < 1.29 is 4.79 Å². The van der Waals surface area contributed by atoms with Crippen molar-refractivity contribution >= 4 is 44.8 Å². The van der Waals surface area contributed by atoms with Crippen molar-refractivity contribution in [1.82, 2.24) is 15.1 Å². The maximum Gasteiger partial charge on any atom is 0.285 e. The highest BCUT2D eigenvalue weighted by molar-refractivity contribution is 9.10. The number of aromatic nitrogens is 2. The van der Waals surface area contributed by atoms with Gasteiger partial charge in [0.1, 0.15) is 5.02 Å². The first-order chi connectivity index (χ1) is 12.0. The van der Waals surface area contributed by atoms with Gasteiger partial charge in [0, 0.05) is 36.3 Å². The summed E-state index contributed by atoms with van der Waals surface area (Å²) in [6, 6.07) is 7.46. The summed E-state index contributed by atoms with van der Waals surface area (Å²) < 4.78 is 0.967. The van der Waals surface area contributed by atoms with Gasteiger partial charge in [0.2, 0.25) is 5.91 Å². The molecule has 0 spiro atoms. The van der Waals surface area contributed by atoms with Crippen LogP contribution >= 0.6 is 27.5 Å². The molecule has 0 bridgehead atoms. The van der Waals surface area contributed by atoms with E-state index in [1.54, 1.807) is 6.20 Å². The molecule has 2 heterocycles. The van der Waals surface area contributed by atoms with Gasteiger partial charge in [-0.15, -0.1) is 0 Å². The van der Waals surface area contributed by atoms with Crippen LogP contribution in [0.15, 0.2) is 39.7 Å². The highest BCUT2D eigenvalue weighted by Gasteiger charge is 2.21. The van der Waals surface area contributed by atoms with Gasteiger partial charge in [0.05, 0.1) is 18.4 Å². The van der Waals surface area contributed by atoms with Gasteiger partial charge in [-0.05, 0) is 24.3 Å². The fraction of sp³-hybridized carbons (Fsp3) is 0.312. The summed E-state index contributed by atoms with van der Waals surface area (Å²) in [5.74, 6) is -0.0494. The first kappa shape index (κ1) is 17.9. The molecule has 3 rings (SSSR count). The van der Waals surface area contributed by atoms with Crippen LogP contribution < -0.4 is 15.8 Å². The molecular weight excluding hydrogens is 410 g/mol. The number of carbonyl (C=O) groups is 1. The molecule has 1 aliphatic rings. The minimum absolute atomic E-state index is 0.0494. The Morgan fingerprint density at radius 3 is 2.60 bits per heavy atom. The molecule has 132 valence electrons. The molecule has 0 unspecified atom stereocenters. The largest absolute Gasteiger partial charge is 0.366 e. The molecule has 25 heavy (non-hydrogen) atoms. The first-order valence-electron chi connectivity index (χ1n) is 7.79. The summed E-state index contributed by atoms with van der Waals surface area (Å²) in [5, 5.41) is 9.14. The third-order valence-electron chi connectivity index (χ3n) is 3.99. The maximum atomic E-state index is 12.2. The van der Waals surface area contributed by atoms with Crippen LogP contribution in [0.25, 0.3) is 0 Å². The molecule has 9 heteroatoms. The van der Waals surface area contributed by atoms with E-state index in [4.69, 9.17) is 11.6 Å². The number of nitrogens with zero attached hydrogens (tertiary/aromatic N) is 3. The Bertz CT molecular complexity index is 803. The summed E-state index contributed by atoms with van der Waals surface area (Å²) in [6.45, 7) is 3.09. The van der Waals surface area contributed by atoms with Crippen molar-refractivity contribution in [3.8, 4) is 0 Å². The van der Waals surface area contributed by atoms with Crippen molar-refractivity contribution in [3.05, 3.63) is 50.3 Å². The average molecular weight is 427 g/mol. The zero-order valence-electron chi connectivity index (χ0n) is 13.3. The topological polar surface area (TPSA) is 81.3 Å². The number of nitrogens with one attached hydrogen (secondary N) is 2. The predicted octanol–water partition coefficient (Wildman–Crippen LogP) is 1.95. The standard InChI is InChI=1S/C16H17BrClN5O2/c17-11-1-3-12(4-2-11)20-14(24)10-22-5-7-23(8-6-22)13-9-19-21-16(25)15(13)18/h1-4,9H,5-8,10H2,(H,20,24)(H,21,25). The minimum atomic E-state index is -0.393. The molecule has 1 aromatic carbocycles.